The van der Waals surface area contributed by atoms with Crippen LogP contribution in [-0.2, 0) is 10.0 Å². The third-order valence-electron chi connectivity index (χ3n) is 3.70. The maximum atomic E-state index is 12.4. The molecule has 0 aliphatic carbocycles. The summed E-state index contributed by atoms with van der Waals surface area (Å²) in [5.41, 5.74) is 3.71. The van der Waals surface area contributed by atoms with Crippen molar-refractivity contribution in [2.24, 2.45) is 5.14 Å². The van der Waals surface area contributed by atoms with Crippen molar-refractivity contribution < 1.29 is 13.2 Å². The van der Waals surface area contributed by atoms with Crippen LogP contribution in [0.4, 0.5) is 0 Å². The summed E-state index contributed by atoms with van der Waals surface area (Å²) in [4.78, 5) is 12.1. The summed E-state index contributed by atoms with van der Waals surface area (Å²) in [5, 5.41) is 7.07. The molecule has 0 bridgehead atoms. The molecule has 1 amide bonds. The number of hydrogen-bond acceptors (Lipinski definition) is 3. The summed E-state index contributed by atoms with van der Waals surface area (Å²) in [7, 11) is -4.01. The molecule has 124 valence electrons. The van der Waals surface area contributed by atoms with E-state index in [1.807, 2.05) is 31.2 Å². The molecule has 24 heavy (non-hydrogen) atoms. The number of amides is 1. The van der Waals surface area contributed by atoms with Crippen LogP contribution in [0.5, 0.6) is 0 Å². The van der Waals surface area contributed by atoms with Crippen LogP contribution < -0.4 is 10.6 Å². The van der Waals surface area contributed by atoms with Gasteiger partial charge in [-0.1, -0.05) is 35.9 Å². The van der Waals surface area contributed by atoms with Gasteiger partial charge in [0.25, 0.3) is 5.91 Å². The van der Waals surface area contributed by atoms with Gasteiger partial charge >= 0.3 is 0 Å². The Morgan fingerprint density at radius 2 is 1.92 bits per heavy atom. The number of fused-ring (bicyclic) bond motifs is 1. The molecule has 0 saturated heterocycles. The molecule has 3 N–H and O–H groups in total. The predicted octanol–water partition coefficient (Wildman–Crippen LogP) is 2.63. The molecule has 0 spiro atoms. The Labute approximate surface area is 143 Å². The average molecular weight is 364 g/mol. The monoisotopic (exact) mass is 363 g/mol. The minimum atomic E-state index is -4.01. The van der Waals surface area contributed by atoms with E-state index in [2.05, 4.69) is 5.43 Å². The number of nitrogens with zero attached hydrogens (tertiary/aromatic N) is 1. The molecule has 0 saturated carbocycles. The summed E-state index contributed by atoms with van der Waals surface area (Å²) >= 11 is 5.83. The van der Waals surface area contributed by atoms with Crippen LogP contribution in [-0.4, -0.2) is 19.0 Å². The Hall–Kier alpha value is -2.35. The molecule has 0 aliphatic heterocycles. The normalized spacial score (nSPS) is 11.6. The molecule has 3 aromatic rings. The van der Waals surface area contributed by atoms with E-state index in [1.54, 1.807) is 10.9 Å². The first-order valence-electron chi connectivity index (χ1n) is 6.98. The van der Waals surface area contributed by atoms with E-state index in [0.717, 1.165) is 22.5 Å². The highest BCUT2D eigenvalue weighted by Gasteiger charge is 2.17. The fraction of sp³-hybridized carbons (Fsp3) is 0.0625. The van der Waals surface area contributed by atoms with Crippen molar-refractivity contribution in [1.29, 1.82) is 0 Å². The minimum absolute atomic E-state index is 0.0306. The number of aryl methyl sites for hydroxylation is 1. The predicted molar refractivity (Wildman–Crippen MR) is 93.2 cm³/mol. The first kappa shape index (κ1) is 16.5. The van der Waals surface area contributed by atoms with Gasteiger partial charge in [-0.05, 0) is 25.1 Å². The van der Waals surface area contributed by atoms with E-state index < -0.39 is 15.9 Å². The van der Waals surface area contributed by atoms with Gasteiger partial charge in [-0.2, -0.15) is 0 Å². The summed E-state index contributed by atoms with van der Waals surface area (Å²) in [6.07, 6.45) is 1.79. The molecule has 8 heteroatoms. The molecule has 0 fully saturated rings. The molecule has 6 nitrogen and oxygen atoms in total. The zero-order valence-corrected chi connectivity index (χ0v) is 14.2. The molecule has 0 radical (unpaired) electrons. The summed E-state index contributed by atoms with van der Waals surface area (Å²) in [5.74, 6) is -0.472. The number of carbonyl (C=O) groups excluding carboxylic acids is 1. The Morgan fingerprint density at radius 1 is 1.21 bits per heavy atom. The van der Waals surface area contributed by atoms with Crippen LogP contribution in [0.15, 0.2) is 53.6 Å². The van der Waals surface area contributed by atoms with Gasteiger partial charge in [0.2, 0.25) is 10.0 Å². The molecular formula is C16H14ClN3O3S. The summed E-state index contributed by atoms with van der Waals surface area (Å²) in [6.45, 7) is 1.88. The molecule has 2 aromatic carbocycles. The highest BCUT2D eigenvalue weighted by Crippen LogP contribution is 2.22. The van der Waals surface area contributed by atoms with Crippen LogP contribution in [0, 0.1) is 6.92 Å². The lowest BCUT2D eigenvalue weighted by Gasteiger charge is -2.10. The Morgan fingerprint density at radius 3 is 2.58 bits per heavy atom. The van der Waals surface area contributed by atoms with E-state index >= 15 is 0 Å². The van der Waals surface area contributed by atoms with Gasteiger partial charge in [0.05, 0.1) is 5.02 Å². The number of nitrogens with one attached hydrogen (secondary N) is 1. The molecule has 0 aliphatic rings. The zero-order chi connectivity index (χ0) is 17.5. The molecule has 1 aromatic heterocycles. The fourth-order valence-electron chi connectivity index (χ4n) is 2.46. The highest BCUT2D eigenvalue weighted by atomic mass is 35.5. The maximum Gasteiger partial charge on any atom is 0.270 e. The van der Waals surface area contributed by atoms with Crippen molar-refractivity contribution in [3.63, 3.8) is 0 Å². The van der Waals surface area contributed by atoms with Gasteiger partial charge < -0.3 is 0 Å². The van der Waals surface area contributed by atoms with Crippen LogP contribution in [0.3, 0.4) is 0 Å². The molecular weight excluding hydrogens is 350 g/mol. The van der Waals surface area contributed by atoms with E-state index in [-0.39, 0.29) is 15.5 Å². The Balaban J connectivity index is 1.96. The average Bonchev–Trinajstić information content (AvgIpc) is 2.83. The van der Waals surface area contributed by atoms with Crippen LogP contribution in [0.2, 0.25) is 5.02 Å². The third-order valence-corrected chi connectivity index (χ3v) is 5.09. The standard InChI is InChI=1S/C16H14ClN3O3S/c1-10-13-5-3-2-4-12(13)9-20(10)19-16(21)11-6-7-14(17)15(8-11)24(18,22)23/h2-9H,1H3,(H,19,21)(H2,18,22,23). The fourth-order valence-corrected chi connectivity index (χ4v) is 3.53. The number of halogens is 1. The third kappa shape index (κ3) is 3.01. The second kappa shape index (κ2) is 5.94. The lowest BCUT2D eigenvalue weighted by Crippen LogP contribution is -2.23. The van der Waals surface area contributed by atoms with Gasteiger partial charge in [-0.15, -0.1) is 0 Å². The number of sulfonamides is 1. The largest absolute Gasteiger partial charge is 0.270 e. The van der Waals surface area contributed by atoms with E-state index in [4.69, 9.17) is 16.7 Å². The Kier molecular flexibility index (Phi) is 4.08. The maximum absolute atomic E-state index is 12.4. The highest BCUT2D eigenvalue weighted by molar-refractivity contribution is 7.89. The van der Waals surface area contributed by atoms with Gasteiger partial charge in [0.1, 0.15) is 4.90 Å². The van der Waals surface area contributed by atoms with E-state index in [1.165, 1.54) is 12.1 Å². The smallest absolute Gasteiger partial charge is 0.267 e. The molecule has 0 unspecified atom stereocenters. The van der Waals surface area contributed by atoms with Gasteiger partial charge in [-0.25, -0.2) is 13.6 Å². The van der Waals surface area contributed by atoms with Crippen molar-refractivity contribution in [1.82, 2.24) is 4.68 Å². The zero-order valence-electron chi connectivity index (χ0n) is 12.7. The van der Waals surface area contributed by atoms with Crippen LogP contribution >= 0.6 is 11.6 Å². The topological polar surface area (TPSA) is 94.2 Å². The number of rotatable bonds is 3. The van der Waals surface area contributed by atoms with Gasteiger partial charge in [0.15, 0.2) is 0 Å². The Bertz CT molecular complexity index is 1060. The lowest BCUT2D eigenvalue weighted by molar-refractivity contribution is 0.101. The first-order chi connectivity index (χ1) is 11.3. The number of hydrogen-bond donors (Lipinski definition) is 2. The lowest BCUT2D eigenvalue weighted by atomic mass is 10.2. The van der Waals surface area contributed by atoms with Crippen molar-refractivity contribution in [3.05, 3.63) is 64.9 Å². The number of primary sulfonamides is 1. The second-order valence-corrected chi connectivity index (χ2v) is 7.24. The number of benzene rings is 2. The summed E-state index contributed by atoms with van der Waals surface area (Å²) < 4.78 is 24.6. The van der Waals surface area contributed by atoms with Crippen LogP contribution in [0.25, 0.3) is 10.8 Å². The number of aromatic nitrogens is 1. The van der Waals surface area contributed by atoms with Gasteiger partial charge in [-0.3, -0.25) is 14.9 Å². The quantitative estimate of drug-likeness (QED) is 0.748. The number of carbonyl (C=O) groups is 1. The molecule has 1 heterocycles. The summed E-state index contributed by atoms with van der Waals surface area (Å²) in [6, 6.07) is 11.6. The van der Waals surface area contributed by atoms with Crippen LogP contribution in [0.1, 0.15) is 16.1 Å². The van der Waals surface area contributed by atoms with E-state index in [0.29, 0.717) is 0 Å². The molecule has 3 rings (SSSR count). The van der Waals surface area contributed by atoms with Crippen molar-refractivity contribution in [2.75, 3.05) is 5.43 Å². The first-order valence-corrected chi connectivity index (χ1v) is 8.90. The number of nitrogens with two attached hydrogens (primary N) is 1. The van der Waals surface area contributed by atoms with Gasteiger partial charge in [0, 0.05) is 28.2 Å². The second-order valence-electron chi connectivity index (χ2n) is 5.30. The van der Waals surface area contributed by atoms with Crippen molar-refractivity contribution >= 4 is 38.3 Å². The van der Waals surface area contributed by atoms with Crippen molar-refractivity contribution in [2.45, 2.75) is 11.8 Å². The van der Waals surface area contributed by atoms with Crippen molar-refractivity contribution in [3.8, 4) is 0 Å². The molecule has 0 atom stereocenters. The van der Waals surface area contributed by atoms with E-state index in [9.17, 15) is 13.2 Å². The minimum Gasteiger partial charge on any atom is -0.267 e. The SMILES string of the molecule is Cc1c2ccccc2cn1NC(=O)c1ccc(Cl)c(S(N)(=O)=O)c1.